The number of hydrogen-bond acceptors (Lipinski definition) is 1. The number of nitrogens with two attached hydrogens (primary N) is 1. The highest BCUT2D eigenvalue weighted by molar-refractivity contribution is 5.26. The average Bonchev–Trinajstić information content (AvgIpc) is 2.08. The molecule has 1 nitrogen and oxygen atoms in total. The second-order valence-corrected chi connectivity index (χ2v) is 3.79. The van der Waals surface area contributed by atoms with Gasteiger partial charge in [-0.25, -0.2) is 4.39 Å². The van der Waals surface area contributed by atoms with Crippen molar-refractivity contribution >= 4 is 0 Å². The van der Waals surface area contributed by atoms with E-state index in [4.69, 9.17) is 5.73 Å². The molecule has 0 fully saturated rings. The molecule has 0 bridgehead atoms. The van der Waals surface area contributed by atoms with Gasteiger partial charge in [0.25, 0.3) is 0 Å². The summed E-state index contributed by atoms with van der Waals surface area (Å²) in [5.74, 6) is 0.0584. The van der Waals surface area contributed by atoms with Crippen molar-refractivity contribution in [2.75, 3.05) is 0 Å². The van der Waals surface area contributed by atoms with Crippen LogP contribution in [0.1, 0.15) is 31.0 Å². The Morgan fingerprint density at radius 1 is 1.31 bits per heavy atom. The predicted molar refractivity (Wildman–Crippen MR) is 52.9 cm³/mol. The molecule has 0 aliphatic carbocycles. The third-order valence-corrected chi connectivity index (χ3v) is 2.23. The van der Waals surface area contributed by atoms with Crippen molar-refractivity contribution in [3.05, 3.63) is 35.1 Å². The van der Waals surface area contributed by atoms with Crippen molar-refractivity contribution in [2.24, 2.45) is 11.7 Å². The predicted octanol–water partition coefficient (Wildman–Crippen LogP) is 2.79. The molecule has 0 heterocycles. The van der Waals surface area contributed by atoms with Crippen molar-refractivity contribution in [3.63, 3.8) is 0 Å². The van der Waals surface area contributed by atoms with Gasteiger partial charge in [-0.3, -0.25) is 0 Å². The number of aryl methyl sites for hydroxylation is 1. The second kappa shape index (κ2) is 3.88. The Kier molecular flexibility index (Phi) is 3.04. The van der Waals surface area contributed by atoms with Gasteiger partial charge in [0, 0.05) is 11.6 Å². The zero-order valence-corrected chi connectivity index (χ0v) is 8.34. The summed E-state index contributed by atoms with van der Waals surface area (Å²) >= 11 is 0. The van der Waals surface area contributed by atoms with Crippen LogP contribution in [0.15, 0.2) is 18.2 Å². The van der Waals surface area contributed by atoms with Crippen LogP contribution in [0, 0.1) is 18.7 Å². The highest BCUT2D eigenvalue weighted by atomic mass is 19.1. The lowest BCUT2D eigenvalue weighted by atomic mass is 9.95. The van der Waals surface area contributed by atoms with E-state index in [1.807, 2.05) is 26.8 Å². The Labute approximate surface area is 78.8 Å². The molecular weight excluding hydrogens is 165 g/mol. The van der Waals surface area contributed by atoms with Gasteiger partial charge < -0.3 is 5.73 Å². The summed E-state index contributed by atoms with van der Waals surface area (Å²) in [5.41, 5.74) is 7.54. The summed E-state index contributed by atoms with van der Waals surface area (Å²) in [7, 11) is 0. The Bertz CT molecular complexity index is 294. The average molecular weight is 181 g/mol. The van der Waals surface area contributed by atoms with Crippen LogP contribution in [0.25, 0.3) is 0 Å². The van der Waals surface area contributed by atoms with Crippen LogP contribution in [0.4, 0.5) is 4.39 Å². The molecule has 1 aromatic carbocycles. The third kappa shape index (κ3) is 2.28. The SMILES string of the molecule is Cc1ccc(F)c(C(N)C(C)C)c1. The summed E-state index contributed by atoms with van der Waals surface area (Å²) in [6.45, 7) is 5.93. The molecule has 1 aromatic rings. The van der Waals surface area contributed by atoms with Crippen molar-refractivity contribution < 1.29 is 4.39 Å². The molecule has 0 aliphatic heterocycles. The molecule has 1 rings (SSSR count). The van der Waals surface area contributed by atoms with E-state index in [2.05, 4.69) is 0 Å². The molecule has 1 unspecified atom stereocenters. The maximum absolute atomic E-state index is 13.3. The van der Waals surface area contributed by atoms with E-state index >= 15 is 0 Å². The van der Waals surface area contributed by atoms with Crippen LogP contribution in [0.2, 0.25) is 0 Å². The van der Waals surface area contributed by atoms with Crippen molar-refractivity contribution in [1.29, 1.82) is 0 Å². The minimum Gasteiger partial charge on any atom is -0.324 e. The number of rotatable bonds is 2. The van der Waals surface area contributed by atoms with Crippen LogP contribution in [-0.4, -0.2) is 0 Å². The molecule has 0 amide bonds. The molecule has 0 radical (unpaired) electrons. The third-order valence-electron chi connectivity index (χ3n) is 2.23. The molecule has 2 N–H and O–H groups in total. The van der Waals surface area contributed by atoms with Gasteiger partial charge in [-0.1, -0.05) is 31.5 Å². The standard InChI is InChI=1S/C11H16FN/c1-7(2)11(13)9-6-8(3)4-5-10(9)12/h4-7,11H,13H2,1-3H3. The molecule has 0 spiro atoms. The van der Waals surface area contributed by atoms with Gasteiger partial charge in [0.05, 0.1) is 0 Å². The van der Waals surface area contributed by atoms with Gasteiger partial charge in [0.1, 0.15) is 5.82 Å². The van der Waals surface area contributed by atoms with Gasteiger partial charge in [0.15, 0.2) is 0 Å². The Morgan fingerprint density at radius 2 is 1.92 bits per heavy atom. The molecule has 13 heavy (non-hydrogen) atoms. The zero-order chi connectivity index (χ0) is 10.0. The fourth-order valence-corrected chi connectivity index (χ4v) is 1.28. The van der Waals surface area contributed by atoms with Gasteiger partial charge in [-0.05, 0) is 18.9 Å². The summed E-state index contributed by atoms with van der Waals surface area (Å²) in [6.07, 6.45) is 0. The van der Waals surface area contributed by atoms with Gasteiger partial charge >= 0.3 is 0 Å². The Balaban J connectivity index is 3.05. The van der Waals surface area contributed by atoms with E-state index in [0.29, 0.717) is 5.56 Å². The molecule has 0 saturated heterocycles. The number of hydrogen-bond donors (Lipinski definition) is 1. The summed E-state index contributed by atoms with van der Waals surface area (Å²) in [6, 6.07) is 4.85. The monoisotopic (exact) mass is 181 g/mol. The molecule has 72 valence electrons. The summed E-state index contributed by atoms with van der Waals surface area (Å²) in [5, 5.41) is 0. The normalized spacial score (nSPS) is 13.4. The van der Waals surface area contributed by atoms with Crippen LogP contribution in [0.3, 0.4) is 0 Å². The van der Waals surface area contributed by atoms with Gasteiger partial charge in [-0.15, -0.1) is 0 Å². The minimum absolute atomic E-state index is 0.202. The first kappa shape index (κ1) is 10.2. The minimum atomic E-state index is -0.208. The lowest BCUT2D eigenvalue weighted by Crippen LogP contribution is -2.18. The summed E-state index contributed by atoms with van der Waals surface area (Å²) < 4.78 is 13.3. The Morgan fingerprint density at radius 3 is 2.46 bits per heavy atom. The zero-order valence-electron chi connectivity index (χ0n) is 8.34. The summed E-state index contributed by atoms with van der Waals surface area (Å²) in [4.78, 5) is 0. The van der Waals surface area contributed by atoms with E-state index in [1.165, 1.54) is 6.07 Å². The fraction of sp³-hybridized carbons (Fsp3) is 0.455. The second-order valence-electron chi connectivity index (χ2n) is 3.79. The topological polar surface area (TPSA) is 26.0 Å². The fourth-order valence-electron chi connectivity index (χ4n) is 1.28. The maximum atomic E-state index is 13.3. The van der Waals surface area contributed by atoms with Crippen molar-refractivity contribution in [3.8, 4) is 0 Å². The van der Waals surface area contributed by atoms with Crippen molar-refractivity contribution in [2.45, 2.75) is 26.8 Å². The largest absolute Gasteiger partial charge is 0.324 e. The first-order chi connectivity index (χ1) is 6.02. The molecule has 0 aliphatic rings. The Hall–Kier alpha value is -0.890. The molecule has 1 atom stereocenters. The van der Waals surface area contributed by atoms with Crippen LogP contribution in [0.5, 0.6) is 0 Å². The lowest BCUT2D eigenvalue weighted by molar-refractivity contribution is 0.484. The smallest absolute Gasteiger partial charge is 0.127 e. The van der Waals surface area contributed by atoms with E-state index in [1.54, 1.807) is 6.07 Å². The first-order valence-corrected chi connectivity index (χ1v) is 4.54. The van der Waals surface area contributed by atoms with Crippen LogP contribution in [-0.2, 0) is 0 Å². The maximum Gasteiger partial charge on any atom is 0.127 e. The quantitative estimate of drug-likeness (QED) is 0.746. The van der Waals surface area contributed by atoms with Crippen LogP contribution >= 0.6 is 0 Å². The van der Waals surface area contributed by atoms with E-state index in [-0.39, 0.29) is 17.8 Å². The molecule has 0 saturated carbocycles. The molecular formula is C11H16FN. The lowest BCUT2D eigenvalue weighted by Gasteiger charge is -2.17. The molecule has 0 aromatic heterocycles. The van der Waals surface area contributed by atoms with Crippen molar-refractivity contribution in [1.82, 2.24) is 0 Å². The highest BCUT2D eigenvalue weighted by Crippen LogP contribution is 2.22. The number of benzene rings is 1. The van der Waals surface area contributed by atoms with E-state index in [0.717, 1.165) is 5.56 Å². The van der Waals surface area contributed by atoms with Gasteiger partial charge in [-0.2, -0.15) is 0 Å². The van der Waals surface area contributed by atoms with Gasteiger partial charge in [0.2, 0.25) is 0 Å². The van der Waals surface area contributed by atoms with E-state index in [9.17, 15) is 4.39 Å². The molecule has 2 heteroatoms. The first-order valence-electron chi connectivity index (χ1n) is 4.54. The highest BCUT2D eigenvalue weighted by Gasteiger charge is 2.14. The van der Waals surface area contributed by atoms with E-state index < -0.39 is 0 Å². The number of halogens is 1. The van der Waals surface area contributed by atoms with Crippen LogP contribution < -0.4 is 5.73 Å².